The predicted molar refractivity (Wildman–Crippen MR) is 182 cm³/mol. The van der Waals surface area contributed by atoms with E-state index in [2.05, 4.69) is 75.1 Å². The average molecular weight is 623 g/mol. The molecule has 0 bridgehead atoms. The van der Waals surface area contributed by atoms with Crippen molar-refractivity contribution in [2.24, 2.45) is 0 Å². The van der Waals surface area contributed by atoms with Gasteiger partial charge in [-0.15, -0.1) is 0 Å². The van der Waals surface area contributed by atoms with E-state index in [1.165, 1.54) is 11.1 Å². The minimum atomic E-state index is -2.31. The summed E-state index contributed by atoms with van der Waals surface area (Å²) in [5.74, 6) is 1.42. The third kappa shape index (κ3) is 6.23. The highest BCUT2D eigenvalue weighted by molar-refractivity contribution is 6.72. The predicted octanol–water partition coefficient (Wildman–Crippen LogP) is 8.02. The molecule has 4 aromatic rings. The van der Waals surface area contributed by atoms with Crippen molar-refractivity contribution in [3.63, 3.8) is 0 Å². The van der Waals surface area contributed by atoms with Gasteiger partial charge in [-0.1, -0.05) is 58.0 Å². The second-order valence-electron chi connectivity index (χ2n) is 14.2. The summed E-state index contributed by atoms with van der Waals surface area (Å²) in [6, 6.07) is 19.1. The lowest BCUT2D eigenvalue weighted by atomic mass is 9.92. The van der Waals surface area contributed by atoms with Crippen LogP contribution in [0.4, 0.5) is 0 Å². The average Bonchev–Trinajstić information content (AvgIpc) is 3.42. The van der Waals surface area contributed by atoms with E-state index in [-0.39, 0.29) is 17.0 Å². The van der Waals surface area contributed by atoms with Crippen LogP contribution in [0.25, 0.3) is 22.4 Å². The highest BCUT2D eigenvalue weighted by Crippen LogP contribution is 2.42. The fourth-order valence-corrected chi connectivity index (χ4v) is 7.19. The summed E-state index contributed by atoms with van der Waals surface area (Å²) in [5.41, 5.74) is 7.93. The molecule has 0 aliphatic carbocycles. The van der Waals surface area contributed by atoms with Gasteiger partial charge < -0.3 is 14.4 Å². The molecule has 0 spiro atoms. The third-order valence-corrected chi connectivity index (χ3v) is 13.7. The van der Waals surface area contributed by atoms with E-state index in [9.17, 15) is 9.59 Å². The van der Waals surface area contributed by atoms with Gasteiger partial charge in [-0.3, -0.25) is 14.5 Å². The molecule has 8 heteroatoms. The Labute approximate surface area is 268 Å². The lowest BCUT2D eigenvalue weighted by Gasteiger charge is -2.36. The topological polar surface area (TPSA) is 80.5 Å². The third-order valence-electron chi connectivity index (χ3n) is 10.1. The number of pyridine rings is 1. The van der Waals surface area contributed by atoms with E-state index in [1.54, 1.807) is 12.4 Å². The van der Waals surface area contributed by atoms with Crippen LogP contribution in [0.2, 0.25) is 18.1 Å². The Morgan fingerprint density at radius 3 is 2.44 bits per heavy atom. The maximum atomic E-state index is 14.1. The molecule has 0 saturated heterocycles. The molecule has 0 saturated carbocycles. The zero-order valence-corrected chi connectivity index (χ0v) is 28.5. The molecule has 1 atom stereocenters. The fraction of sp³-hybridized carbons (Fsp3) is 0.432. The van der Waals surface area contributed by atoms with Crippen molar-refractivity contribution in [2.75, 3.05) is 13.1 Å². The molecule has 6 rings (SSSR count). The Hall–Kier alpha value is -3.75. The number of nitrogens with zero attached hydrogens (tertiary/aromatic N) is 4. The molecule has 0 radical (unpaired) electrons. The summed E-state index contributed by atoms with van der Waals surface area (Å²) >= 11 is 0. The number of hydrogen-bond acceptors (Lipinski definition) is 5. The van der Waals surface area contributed by atoms with Gasteiger partial charge in [0.15, 0.2) is 8.32 Å². The first kappa shape index (κ1) is 31.2. The van der Waals surface area contributed by atoms with E-state index in [1.807, 2.05) is 34.8 Å². The number of ether oxygens (including phenoxy) is 1. The summed E-state index contributed by atoms with van der Waals surface area (Å²) in [6.07, 6.45) is 7.11. The maximum Gasteiger partial charge on any atom is 0.272 e. The first-order valence-corrected chi connectivity index (χ1v) is 19.3. The number of rotatable bonds is 9. The Bertz CT molecular complexity index is 1670. The zero-order chi connectivity index (χ0) is 31.9. The second-order valence-corrected chi connectivity index (χ2v) is 18.6. The normalized spacial score (nSPS) is 16.8. The molecule has 1 amide bonds. The van der Waals surface area contributed by atoms with Gasteiger partial charge in [0.05, 0.1) is 6.54 Å². The number of carbonyl (C=O) groups is 1. The monoisotopic (exact) mass is 622 g/mol. The number of fused-ring (bicyclic) bond motifs is 2. The van der Waals surface area contributed by atoms with Crippen LogP contribution in [0.5, 0.6) is 5.75 Å². The minimum absolute atomic E-state index is 0.0150. The number of hydrogen-bond donors (Lipinski definition) is 1. The molecular weight excluding hydrogens is 577 g/mol. The second kappa shape index (κ2) is 12.2. The summed E-state index contributed by atoms with van der Waals surface area (Å²) in [7, 11) is -2.31. The fourth-order valence-electron chi connectivity index (χ4n) is 6.40. The van der Waals surface area contributed by atoms with E-state index >= 15 is 0 Å². The van der Waals surface area contributed by atoms with Crippen LogP contribution in [-0.4, -0.2) is 51.8 Å². The number of benzene rings is 2. The number of amides is 1. The van der Waals surface area contributed by atoms with Gasteiger partial charge in [-0.05, 0) is 96.3 Å². The van der Waals surface area contributed by atoms with Crippen LogP contribution < -0.4 is 4.74 Å². The Kier molecular flexibility index (Phi) is 8.48. The Morgan fingerprint density at radius 2 is 1.76 bits per heavy atom. The molecule has 0 fully saturated rings. The first-order chi connectivity index (χ1) is 21.4. The number of carbonyl (C=O) groups excluding carboxylic acids is 1. The standard InChI is InChI=1S/C37H46N4O3Si/c1-25(2)26-8-10-27(11-9-26)31-14-12-29-24-30(13-15-32(29)44-31)33-34(28-16-19-38-20-17-28)39-41-23-22-40(36(42)35(33)41)21-7-18-37(3,4)45(5,6)43/h8-11,13,15-17,19-20,24-25,31,43H,7,12,14,18,21-23H2,1-6H3. The van der Waals surface area contributed by atoms with Crippen LogP contribution >= 0.6 is 0 Å². The van der Waals surface area contributed by atoms with Gasteiger partial charge in [0.1, 0.15) is 23.2 Å². The molecule has 45 heavy (non-hydrogen) atoms. The highest BCUT2D eigenvalue weighted by Gasteiger charge is 2.38. The summed E-state index contributed by atoms with van der Waals surface area (Å²) in [6.45, 7) is 14.7. The molecule has 1 unspecified atom stereocenters. The van der Waals surface area contributed by atoms with Crippen molar-refractivity contribution >= 4 is 14.2 Å². The summed E-state index contributed by atoms with van der Waals surface area (Å²) in [4.78, 5) is 31.1. The van der Waals surface area contributed by atoms with Crippen molar-refractivity contribution in [3.05, 3.63) is 89.4 Å². The molecular formula is C37H46N4O3Si. The largest absolute Gasteiger partial charge is 0.485 e. The molecule has 1 N–H and O–H groups in total. The van der Waals surface area contributed by atoms with Crippen molar-refractivity contribution in [1.29, 1.82) is 0 Å². The van der Waals surface area contributed by atoms with Crippen LogP contribution in [0, 0.1) is 0 Å². The number of aromatic nitrogens is 3. The van der Waals surface area contributed by atoms with Crippen LogP contribution in [0.3, 0.4) is 0 Å². The van der Waals surface area contributed by atoms with Crippen molar-refractivity contribution < 1.29 is 14.3 Å². The van der Waals surface area contributed by atoms with Crippen LogP contribution in [-0.2, 0) is 13.0 Å². The Morgan fingerprint density at radius 1 is 1.02 bits per heavy atom. The molecule has 2 aromatic heterocycles. The minimum Gasteiger partial charge on any atom is -0.485 e. The van der Waals surface area contributed by atoms with Crippen molar-refractivity contribution in [1.82, 2.24) is 19.7 Å². The van der Waals surface area contributed by atoms with Crippen LogP contribution in [0.1, 0.15) is 86.2 Å². The Balaban J connectivity index is 1.30. The van der Waals surface area contributed by atoms with Crippen molar-refractivity contribution in [2.45, 2.75) is 90.1 Å². The lowest BCUT2D eigenvalue weighted by molar-refractivity contribution is 0.0694. The van der Waals surface area contributed by atoms with E-state index in [0.717, 1.165) is 59.4 Å². The van der Waals surface area contributed by atoms with E-state index in [0.29, 0.717) is 31.2 Å². The molecule has 2 aliphatic rings. The molecule has 4 heterocycles. The summed E-state index contributed by atoms with van der Waals surface area (Å²) in [5, 5.41) is 4.88. The smallest absolute Gasteiger partial charge is 0.272 e. The van der Waals surface area contributed by atoms with Gasteiger partial charge in [0.2, 0.25) is 0 Å². The van der Waals surface area contributed by atoms with Gasteiger partial charge in [-0.25, -0.2) is 0 Å². The van der Waals surface area contributed by atoms with Gasteiger partial charge in [-0.2, -0.15) is 5.10 Å². The lowest BCUT2D eigenvalue weighted by Crippen LogP contribution is -2.42. The molecule has 7 nitrogen and oxygen atoms in total. The molecule has 2 aromatic carbocycles. The SMILES string of the molecule is CC(C)c1ccc(C2CCc3cc(-c4c(-c5ccncc5)nn5c4C(=O)N(CCCC(C)(C)[Si](C)(C)O)CC5)ccc3O2)cc1. The summed E-state index contributed by atoms with van der Waals surface area (Å²) < 4.78 is 8.43. The van der Waals surface area contributed by atoms with Gasteiger partial charge >= 0.3 is 0 Å². The molecule has 236 valence electrons. The molecule has 2 aliphatic heterocycles. The quantitative estimate of drug-likeness (QED) is 0.191. The number of aryl methyl sites for hydroxylation is 1. The zero-order valence-electron chi connectivity index (χ0n) is 27.5. The van der Waals surface area contributed by atoms with Crippen molar-refractivity contribution in [3.8, 4) is 28.1 Å². The first-order valence-electron chi connectivity index (χ1n) is 16.4. The van der Waals surface area contributed by atoms with E-state index in [4.69, 9.17) is 9.84 Å². The van der Waals surface area contributed by atoms with Gasteiger partial charge in [0.25, 0.3) is 5.91 Å². The van der Waals surface area contributed by atoms with Crippen LogP contribution in [0.15, 0.2) is 67.0 Å². The highest BCUT2D eigenvalue weighted by atomic mass is 28.4. The maximum absolute atomic E-state index is 14.1. The van der Waals surface area contributed by atoms with Gasteiger partial charge in [0, 0.05) is 36.6 Å². The van der Waals surface area contributed by atoms with E-state index < -0.39 is 8.32 Å².